The number of rotatable bonds is 5. The van der Waals surface area contributed by atoms with Gasteiger partial charge in [0.05, 0.1) is 13.2 Å². The van der Waals surface area contributed by atoms with E-state index in [1.54, 1.807) is 48.4 Å². The van der Waals surface area contributed by atoms with Gasteiger partial charge in [0.15, 0.2) is 0 Å². The first-order chi connectivity index (χ1) is 12.5. The minimum Gasteiger partial charge on any atom is -0.497 e. The van der Waals surface area contributed by atoms with Gasteiger partial charge in [-0.15, -0.1) is 0 Å². The number of hydrogen-bond acceptors (Lipinski definition) is 3. The second-order valence-electron chi connectivity index (χ2n) is 6.59. The largest absolute Gasteiger partial charge is 0.497 e. The number of hydrogen-bond donors (Lipinski definition) is 1. The summed E-state index contributed by atoms with van der Waals surface area (Å²) in [6.45, 7) is 3.96. The van der Waals surface area contributed by atoms with Crippen LogP contribution in [0, 0.1) is 0 Å². The second-order valence-corrected chi connectivity index (χ2v) is 6.59. The number of carboxylic acid groups (broad SMARTS) is 1. The predicted molar refractivity (Wildman–Crippen MR) is 98.5 cm³/mol. The van der Waals surface area contributed by atoms with Crippen LogP contribution in [0.15, 0.2) is 48.5 Å². The van der Waals surface area contributed by atoms with E-state index in [1.807, 2.05) is 26.0 Å². The van der Waals surface area contributed by atoms with Gasteiger partial charge in [0.1, 0.15) is 11.7 Å². The van der Waals surface area contributed by atoms with Crippen molar-refractivity contribution in [3.05, 3.63) is 65.2 Å². The van der Waals surface area contributed by atoms with Crippen molar-refractivity contribution in [3.8, 4) is 5.75 Å². The Labute approximate surface area is 153 Å². The van der Waals surface area contributed by atoms with Gasteiger partial charge in [-0.25, -0.2) is 0 Å². The van der Waals surface area contributed by atoms with Crippen molar-refractivity contribution < 1.29 is 19.4 Å². The molecule has 0 aromatic heterocycles. The molecule has 1 amide bonds. The summed E-state index contributed by atoms with van der Waals surface area (Å²) in [6, 6.07) is 13.7. The molecule has 26 heavy (non-hydrogen) atoms. The van der Waals surface area contributed by atoms with Gasteiger partial charge in [0.2, 0.25) is 0 Å². The molecule has 2 aromatic rings. The standard InChI is InChI=1S/C21H23NO4/c1-4-13(2)22-19(14-9-11-15(26-3)12-10-14)18(21(24)25)16-7-5-6-8-17(16)20(22)23/h5-13,18-19H,4H2,1-3H3,(H,24,25)/t13-,18+,19+/m0/s1. The van der Waals surface area contributed by atoms with Crippen LogP contribution < -0.4 is 4.74 Å². The maximum absolute atomic E-state index is 13.2. The Bertz CT molecular complexity index is 815. The van der Waals surface area contributed by atoms with Gasteiger partial charge in [-0.2, -0.15) is 0 Å². The molecule has 0 fully saturated rings. The molecule has 5 nitrogen and oxygen atoms in total. The Hall–Kier alpha value is -2.82. The number of aliphatic carboxylic acids is 1. The fourth-order valence-electron chi connectivity index (χ4n) is 3.65. The lowest BCUT2D eigenvalue weighted by Crippen LogP contribution is -2.48. The lowest BCUT2D eigenvalue weighted by Gasteiger charge is -2.44. The SMILES string of the molecule is CC[C@H](C)N1C(=O)c2ccccc2[C@@H](C(=O)O)[C@H]1c1ccc(OC)cc1. The number of carboxylic acids is 1. The van der Waals surface area contributed by atoms with Crippen LogP contribution >= 0.6 is 0 Å². The van der Waals surface area contributed by atoms with Crippen molar-refractivity contribution in [2.75, 3.05) is 7.11 Å². The highest BCUT2D eigenvalue weighted by molar-refractivity contribution is 6.00. The van der Waals surface area contributed by atoms with E-state index in [2.05, 4.69) is 0 Å². The number of benzene rings is 2. The van der Waals surface area contributed by atoms with Crippen molar-refractivity contribution in [2.45, 2.75) is 38.3 Å². The first-order valence-electron chi connectivity index (χ1n) is 8.78. The third kappa shape index (κ3) is 2.94. The summed E-state index contributed by atoms with van der Waals surface area (Å²) in [5.41, 5.74) is 1.84. The number of ether oxygens (including phenoxy) is 1. The van der Waals surface area contributed by atoms with Crippen LogP contribution in [0.25, 0.3) is 0 Å². The zero-order valence-electron chi connectivity index (χ0n) is 15.2. The molecule has 1 N–H and O–H groups in total. The molecular formula is C21H23NO4. The molecule has 0 saturated carbocycles. The van der Waals surface area contributed by atoms with Gasteiger partial charge in [0.25, 0.3) is 5.91 Å². The predicted octanol–water partition coefficient (Wildman–Crippen LogP) is 3.86. The zero-order chi connectivity index (χ0) is 18.8. The highest BCUT2D eigenvalue weighted by Crippen LogP contribution is 2.44. The quantitative estimate of drug-likeness (QED) is 0.886. The highest BCUT2D eigenvalue weighted by Gasteiger charge is 2.45. The molecule has 0 unspecified atom stereocenters. The Morgan fingerprint density at radius 3 is 2.42 bits per heavy atom. The van der Waals surface area contributed by atoms with Crippen molar-refractivity contribution in [1.29, 1.82) is 0 Å². The van der Waals surface area contributed by atoms with Crippen LogP contribution in [0.1, 0.15) is 53.7 Å². The average Bonchev–Trinajstić information content (AvgIpc) is 2.67. The van der Waals surface area contributed by atoms with Crippen molar-refractivity contribution in [1.82, 2.24) is 4.90 Å². The van der Waals surface area contributed by atoms with Crippen LogP contribution in [0.4, 0.5) is 0 Å². The Morgan fingerprint density at radius 1 is 1.19 bits per heavy atom. The van der Waals surface area contributed by atoms with Gasteiger partial charge in [0, 0.05) is 11.6 Å². The Morgan fingerprint density at radius 2 is 1.85 bits per heavy atom. The molecule has 1 aliphatic rings. The van der Waals surface area contributed by atoms with Gasteiger partial charge >= 0.3 is 5.97 Å². The molecule has 1 aliphatic heterocycles. The summed E-state index contributed by atoms with van der Waals surface area (Å²) in [6.07, 6.45) is 0.743. The van der Waals surface area contributed by atoms with Crippen LogP contribution in [0.2, 0.25) is 0 Å². The lowest BCUT2D eigenvalue weighted by atomic mass is 9.79. The van der Waals surface area contributed by atoms with Gasteiger partial charge in [-0.3, -0.25) is 9.59 Å². The second kappa shape index (κ2) is 7.20. The van der Waals surface area contributed by atoms with Crippen molar-refractivity contribution >= 4 is 11.9 Å². The summed E-state index contributed by atoms with van der Waals surface area (Å²) in [5, 5.41) is 10.0. The monoisotopic (exact) mass is 353 g/mol. The van der Waals surface area contributed by atoms with Crippen molar-refractivity contribution in [2.24, 2.45) is 0 Å². The van der Waals surface area contributed by atoms with E-state index in [1.165, 1.54) is 0 Å². The summed E-state index contributed by atoms with van der Waals surface area (Å²) >= 11 is 0. The van der Waals surface area contributed by atoms with E-state index in [0.717, 1.165) is 12.0 Å². The molecule has 0 aliphatic carbocycles. The van der Waals surface area contributed by atoms with Gasteiger partial charge in [-0.05, 0) is 42.7 Å². The maximum Gasteiger partial charge on any atom is 0.313 e. The van der Waals surface area contributed by atoms with Crippen LogP contribution in [0.3, 0.4) is 0 Å². The first-order valence-corrected chi connectivity index (χ1v) is 8.78. The van der Waals surface area contributed by atoms with Crippen LogP contribution in [-0.4, -0.2) is 35.0 Å². The van der Waals surface area contributed by atoms with Crippen molar-refractivity contribution in [3.63, 3.8) is 0 Å². The van der Waals surface area contributed by atoms with E-state index in [-0.39, 0.29) is 11.9 Å². The fourth-order valence-corrected chi connectivity index (χ4v) is 3.65. The molecule has 1 heterocycles. The lowest BCUT2D eigenvalue weighted by molar-refractivity contribution is -0.140. The van der Waals surface area contributed by atoms with Crippen LogP contribution in [0.5, 0.6) is 5.75 Å². The molecule has 0 bridgehead atoms. The van der Waals surface area contributed by atoms with Gasteiger partial charge < -0.3 is 14.7 Å². The highest BCUT2D eigenvalue weighted by atomic mass is 16.5. The third-order valence-electron chi connectivity index (χ3n) is 5.17. The Balaban J connectivity index is 2.21. The number of carbonyl (C=O) groups excluding carboxylic acids is 1. The number of carbonyl (C=O) groups is 2. The third-order valence-corrected chi connectivity index (χ3v) is 5.17. The van der Waals surface area contributed by atoms with Gasteiger partial charge in [-0.1, -0.05) is 37.3 Å². The van der Waals surface area contributed by atoms with Crippen LogP contribution in [-0.2, 0) is 4.79 Å². The zero-order valence-corrected chi connectivity index (χ0v) is 15.2. The number of fused-ring (bicyclic) bond motifs is 1. The van der Waals surface area contributed by atoms with E-state index in [0.29, 0.717) is 16.9 Å². The van der Waals surface area contributed by atoms with E-state index < -0.39 is 17.9 Å². The molecule has 136 valence electrons. The smallest absolute Gasteiger partial charge is 0.313 e. The summed E-state index contributed by atoms with van der Waals surface area (Å²) < 4.78 is 5.21. The summed E-state index contributed by atoms with van der Waals surface area (Å²) in [7, 11) is 1.58. The molecular weight excluding hydrogens is 330 g/mol. The number of amides is 1. The number of methoxy groups -OCH3 is 1. The molecule has 3 rings (SSSR count). The fraction of sp³-hybridized carbons (Fsp3) is 0.333. The molecule has 0 spiro atoms. The minimum atomic E-state index is -0.931. The van der Waals surface area contributed by atoms with E-state index in [9.17, 15) is 14.7 Å². The van der Waals surface area contributed by atoms with E-state index in [4.69, 9.17) is 4.74 Å². The molecule has 2 aromatic carbocycles. The summed E-state index contributed by atoms with van der Waals surface area (Å²) in [5.74, 6) is -1.17. The topological polar surface area (TPSA) is 66.8 Å². The average molecular weight is 353 g/mol. The molecule has 5 heteroatoms. The summed E-state index contributed by atoms with van der Waals surface area (Å²) in [4.78, 5) is 27.1. The first kappa shape index (κ1) is 18.0. The number of nitrogens with zero attached hydrogens (tertiary/aromatic N) is 1. The minimum absolute atomic E-state index is 0.0789. The molecule has 3 atom stereocenters. The molecule has 0 saturated heterocycles. The van der Waals surface area contributed by atoms with E-state index >= 15 is 0 Å². The Kier molecular flexibility index (Phi) is 4.98. The normalized spacial score (nSPS) is 20.4. The maximum atomic E-state index is 13.2. The molecule has 0 radical (unpaired) electrons.